The van der Waals surface area contributed by atoms with Crippen molar-refractivity contribution in [3.8, 4) is 0 Å². The fourth-order valence-corrected chi connectivity index (χ4v) is 2.84. The summed E-state index contributed by atoms with van der Waals surface area (Å²) in [5, 5.41) is 0. The molecule has 1 aromatic carbocycles. The van der Waals surface area contributed by atoms with Gasteiger partial charge in [0.2, 0.25) is 0 Å². The van der Waals surface area contributed by atoms with Gasteiger partial charge in [0.15, 0.2) is 8.38 Å². The van der Waals surface area contributed by atoms with Crippen LogP contribution in [0.2, 0.25) is 0 Å². The van der Waals surface area contributed by atoms with E-state index in [1.807, 2.05) is 13.8 Å². The third-order valence-electron chi connectivity index (χ3n) is 2.20. The highest BCUT2D eigenvalue weighted by molar-refractivity contribution is 7.47. The Morgan fingerprint density at radius 2 is 1.62 bits per heavy atom. The maximum Gasteiger partial charge on any atom is 0.170 e. The molecule has 0 saturated carbocycles. The molecule has 0 fully saturated rings. The summed E-state index contributed by atoms with van der Waals surface area (Å²) in [5.74, 6) is 0. The van der Waals surface area contributed by atoms with Crippen LogP contribution in [0.15, 0.2) is 30.3 Å². The predicted molar refractivity (Wildman–Crippen MR) is 69.8 cm³/mol. The van der Waals surface area contributed by atoms with Crippen molar-refractivity contribution in [2.45, 2.75) is 26.7 Å². The molecule has 0 aromatic heterocycles. The lowest BCUT2D eigenvalue weighted by molar-refractivity contribution is 0.269. The van der Waals surface area contributed by atoms with Crippen molar-refractivity contribution in [2.24, 2.45) is 0 Å². The van der Waals surface area contributed by atoms with E-state index in [9.17, 15) is 0 Å². The summed E-state index contributed by atoms with van der Waals surface area (Å²) in [5.41, 5.74) is 1.39. The summed E-state index contributed by atoms with van der Waals surface area (Å²) in [7, 11) is -0.657. The lowest BCUT2D eigenvalue weighted by Crippen LogP contribution is -1.97. The average Bonchev–Trinajstić information content (AvgIpc) is 2.31. The lowest BCUT2D eigenvalue weighted by atomic mass is 10.1. The standard InChI is InChI=1S/C13H21O2P/c1-3-14-16(15-4-2)12-8-11-13-9-6-5-7-10-13/h5-7,9-10H,3-4,8,11-12H2,1-2H3. The smallest absolute Gasteiger partial charge is 0.170 e. The number of benzene rings is 1. The average molecular weight is 240 g/mol. The van der Waals surface area contributed by atoms with E-state index < -0.39 is 8.38 Å². The van der Waals surface area contributed by atoms with Crippen LogP contribution in [0.3, 0.4) is 0 Å². The first-order valence-electron chi connectivity index (χ1n) is 5.94. The van der Waals surface area contributed by atoms with Gasteiger partial charge in [0, 0.05) is 6.16 Å². The molecule has 0 amide bonds. The second kappa shape index (κ2) is 8.69. The molecular weight excluding hydrogens is 219 g/mol. The Morgan fingerprint density at radius 1 is 1.00 bits per heavy atom. The third kappa shape index (κ3) is 5.60. The van der Waals surface area contributed by atoms with Crippen LogP contribution in [0, 0.1) is 0 Å². The molecule has 90 valence electrons. The van der Waals surface area contributed by atoms with Gasteiger partial charge in [0.1, 0.15) is 0 Å². The van der Waals surface area contributed by atoms with Gasteiger partial charge in [-0.2, -0.15) is 0 Å². The highest BCUT2D eigenvalue weighted by atomic mass is 31.2. The van der Waals surface area contributed by atoms with Gasteiger partial charge in [-0.15, -0.1) is 0 Å². The minimum atomic E-state index is -0.657. The van der Waals surface area contributed by atoms with Crippen LogP contribution in [0.5, 0.6) is 0 Å². The largest absolute Gasteiger partial charge is 0.334 e. The number of aryl methyl sites for hydroxylation is 1. The van der Waals surface area contributed by atoms with Gasteiger partial charge >= 0.3 is 0 Å². The van der Waals surface area contributed by atoms with E-state index in [0.29, 0.717) is 0 Å². The summed E-state index contributed by atoms with van der Waals surface area (Å²) >= 11 is 0. The topological polar surface area (TPSA) is 18.5 Å². The van der Waals surface area contributed by atoms with Gasteiger partial charge in [-0.25, -0.2) is 0 Å². The van der Waals surface area contributed by atoms with Crippen LogP contribution in [0.4, 0.5) is 0 Å². The first-order valence-corrected chi connectivity index (χ1v) is 7.30. The van der Waals surface area contributed by atoms with Gasteiger partial charge < -0.3 is 9.05 Å². The molecule has 0 unspecified atom stereocenters. The molecule has 0 spiro atoms. The summed E-state index contributed by atoms with van der Waals surface area (Å²) in [4.78, 5) is 0. The molecule has 1 rings (SSSR count). The van der Waals surface area contributed by atoms with Crippen molar-refractivity contribution in [3.05, 3.63) is 35.9 Å². The Labute approximate surface area is 99.9 Å². The van der Waals surface area contributed by atoms with Crippen LogP contribution < -0.4 is 0 Å². The van der Waals surface area contributed by atoms with E-state index >= 15 is 0 Å². The van der Waals surface area contributed by atoms with Gasteiger partial charge in [-0.05, 0) is 32.3 Å². The summed E-state index contributed by atoms with van der Waals surface area (Å²) in [6, 6.07) is 10.6. The van der Waals surface area contributed by atoms with Gasteiger partial charge in [0.25, 0.3) is 0 Å². The Hall–Kier alpha value is -0.430. The van der Waals surface area contributed by atoms with Crippen molar-refractivity contribution >= 4 is 8.38 Å². The number of hydrogen-bond donors (Lipinski definition) is 0. The van der Waals surface area contributed by atoms with Crippen molar-refractivity contribution in [1.29, 1.82) is 0 Å². The minimum absolute atomic E-state index is 0.657. The minimum Gasteiger partial charge on any atom is -0.334 e. The zero-order chi connectivity index (χ0) is 11.6. The Morgan fingerprint density at radius 3 is 2.19 bits per heavy atom. The first kappa shape index (κ1) is 13.6. The first-order chi connectivity index (χ1) is 7.86. The molecule has 0 saturated heterocycles. The summed E-state index contributed by atoms with van der Waals surface area (Å²) in [6.07, 6.45) is 3.28. The normalized spacial score (nSPS) is 10.9. The maximum absolute atomic E-state index is 5.56. The van der Waals surface area contributed by atoms with Crippen molar-refractivity contribution in [1.82, 2.24) is 0 Å². The van der Waals surface area contributed by atoms with Crippen molar-refractivity contribution in [2.75, 3.05) is 19.4 Å². The van der Waals surface area contributed by atoms with Gasteiger partial charge in [0.05, 0.1) is 13.2 Å². The molecule has 0 N–H and O–H groups in total. The molecule has 3 heteroatoms. The van der Waals surface area contributed by atoms with Crippen LogP contribution in [-0.4, -0.2) is 19.4 Å². The highest BCUT2D eigenvalue weighted by Gasteiger charge is 2.08. The summed E-state index contributed by atoms with van der Waals surface area (Å²) < 4.78 is 11.1. The van der Waals surface area contributed by atoms with Crippen molar-refractivity contribution < 1.29 is 9.05 Å². The van der Waals surface area contributed by atoms with Crippen LogP contribution in [-0.2, 0) is 15.5 Å². The zero-order valence-electron chi connectivity index (χ0n) is 10.2. The Kier molecular flexibility index (Phi) is 7.41. The summed E-state index contributed by atoms with van der Waals surface area (Å²) in [6.45, 7) is 5.53. The van der Waals surface area contributed by atoms with Crippen LogP contribution >= 0.6 is 8.38 Å². The molecule has 0 bridgehead atoms. The van der Waals surface area contributed by atoms with E-state index in [1.54, 1.807) is 0 Å². The molecule has 16 heavy (non-hydrogen) atoms. The maximum atomic E-state index is 5.56. The second-order valence-electron chi connectivity index (χ2n) is 3.48. The zero-order valence-corrected chi connectivity index (χ0v) is 11.1. The highest BCUT2D eigenvalue weighted by Crippen LogP contribution is 2.38. The quantitative estimate of drug-likeness (QED) is 0.639. The lowest BCUT2D eigenvalue weighted by Gasteiger charge is -2.15. The SMILES string of the molecule is CCOP(CCCc1ccccc1)OCC. The van der Waals surface area contributed by atoms with Crippen LogP contribution in [0.25, 0.3) is 0 Å². The molecule has 0 atom stereocenters. The monoisotopic (exact) mass is 240 g/mol. The van der Waals surface area contributed by atoms with E-state index in [1.165, 1.54) is 5.56 Å². The molecule has 0 aliphatic rings. The predicted octanol–water partition coefficient (Wildman–Crippen LogP) is 4.00. The molecule has 2 nitrogen and oxygen atoms in total. The van der Waals surface area contributed by atoms with Crippen molar-refractivity contribution in [3.63, 3.8) is 0 Å². The third-order valence-corrected chi connectivity index (χ3v) is 3.97. The number of rotatable bonds is 8. The van der Waals surface area contributed by atoms with E-state index in [-0.39, 0.29) is 0 Å². The van der Waals surface area contributed by atoms with E-state index in [2.05, 4.69) is 30.3 Å². The molecule has 0 aliphatic carbocycles. The van der Waals surface area contributed by atoms with E-state index in [0.717, 1.165) is 32.2 Å². The molecule has 0 heterocycles. The van der Waals surface area contributed by atoms with Gasteiger partial charge in [-0.1, -0.05) is 30.3 Å². The fraction of sp³-hybridized carbons (Fsp3) is 0.538. The van der Waals surface area contributed by atoms with Crippen LogP contribution in [0.1, 0.15) is 25.8 Å². The van der Waals surface area contributed by atoms with Gasteiger partial charge in [-0.3, -0.25) is 0 Å². The Bertz CT molecular complexity index is 258. The molecule has 0 radical (unpaired) electrons. The van der Waals surface area contributed by atoms with E-state index in [4.69, 9.17) is 9.05 Å². The molecule has 0 aliphatic heterocycles. The molecular formula is C13H21O2P. The Balaban J connectivity index is 2.22. The molecule has 1 aromatic rings. The second-order valence-corrected chi connectivity index (χ2v) is 5.11. The number of hydrogen-bond acceptors (Lipinski definition) is 2. The fourth-order valence-electron chi connectivity index (χ4n) is 1.51.